The minimum absolute atomic E-state index is 0.591. The van der Waals surface area contributed by atoms with E-state index in [1.54, 1.807) is 35.6 Å². The van der Waals surface area contributed by atoms with Crippen molar-refractivity contribution >= 4 is 11.3 Å². The highest BCUT2D eigenvalue weighted by Gasteiger charge is 2.11. The van der Waals surface area contributed by atoms with E-state index in [1.807, 2.05) is 19.1 Å². The van der Waals surface area contributed by atoms with Crippen molar-refractivity contribution in [3.63, 3.8) is 0 Å². The van der Waals surface area contributed by atoms with E-state index in [4.69, 9.17) is 5.26 Å². The summed E-state index contributed by atoms with van der Waals surface area (Å²) in [6.07, 6.45) is -0.591. The number of nitriles is 1. The predicted molar refractivity (Wildman–Crippen MR) is 64.3 cm³/mol. The highest BCUT2D eigenvalue weighted by molar-refractivity contribution is 7.12. The molecule has 0 amide bonds. The van der Waals surface area contributed by atoms with Crippen LogP contribution in [0.3, 0.4) is 0 Å². The molecule has 1 atom stereocenters. The molecule has 0 radical (unpaired) electrons. The molecule has 0 aliphatic rings. The molecule has 80 valence electrons. The molecule has 2 rings (SSSR count). The Kier molecular flexibility index (Phi) is 3.04. The molecule has 3 heteroatoms. The van der Waals surface area contributed by atoms with Crippen LogP contribution in [0.5, 0.6) is 0 Å². The second-order valence-electron chi connectivity index (χ2n) is 3.58. The lowest BCUT2D eigenvalue weighted by molar-refractivity contribution is 0.224. The van der Waals surface area contributed by atoms with Gasteiger partial charge in [-0.15, -0.1) is 11.3 Å². The van der Waals surface area contributed by atoms with E-state index in [9.17, 15) is 5.11 Å². The maximum atomic E-state index is 10.1. The van der Waals surface area contributed by atoms with Crippen LogP contribution in [0.25, 0.3) is 0 Å². The van der Waals surface area contributed by atoms with E-state index in [0.717, 1.165) is 10.4 Å². The number of benzene rings is 1. The first kappa shape index (κ1) is 10.9. The van der Waals surface area contributed by atoms with Gasteiger partial charge in [0.05, 0.1) is 11.6 Å². The Labute approximate surface area is 98.4 Å². The van der Waals surface area contributed by atoms with Gasteiger partial charge in [-0.2, -0.15) is 5.26 Å². The van der Waals surface area contributed by atoms with Crippen LogP contribution in [0.2, 0.25) is 0 Å². The van der Waals surface area contributed by atoms with Gasteiger partial charge in [-0.3, -0.25) is 0 Å². The van der Waals surface area contributed by atoms with E-state index < -0.39 is 6.10 Å². The van der Waals surface area contributed by atoms with Crippen LogP contribution in [0, 0.1) is 18.3 Å². The van der Waals surface area contributed by atoms with E-state index in [-0.39, 0.29) is 0 Å². The Morgan fingerprint density at radius 2 is 1.88 bits per heavy atom. The first-order chi connectivity index (χ1) is 7.70. The average molecular weight is 229 g/mol. The summed E-state index contributed by atoms with van der Waals surface area (Å²) in [6, 6.07) is 13.0. The van der Waals surface area contributed by atoms with Crippen LogP contribution < -0.4 is 0 Å². The van der Waals surface area contributed by atoms with E-state index >= 15 is 0 Å². The van der Waals surface area contributed by atoms with Gasteiger partial charge < -0.3 is 5.11 Å². The molecule has 1 N–H and O–H groups in total. The minimum atomic E-state index is -0.591. The van der Waals surface area contributed by atoms with Gasteiger partial charge in [0.1, 0.15) is 6.10 Å². The summed E-state index contributed by atoms with van der Waals surface area (Å²) in [5, 5.41) is 18.8. The number of aryl methyl sites for hydroxylation is 1. The van der Waals surface area contributed by atoms with Gasteiger partial charge in [0.2, 0.25) is 0 Å². The number of hydrogen-bond acceptors (Lipinski definition) is 3. The molecule has 0 aliphatic heterocycles. The summed E-state index contributed by atoms with van der Waals surface area (Å²) in [5.41, 5.74) is 1.43. The van der Waals surface area contributed by atoms with Crippen molar-refractivity contribution < 1.29 is 5.11 Å². The number of nitrogens with zero attached hydrogens (tertiary/aromatic N) is 1. The zero-order valence-electron chi connectivity index (χ0n) is 8.84. The Hall–Kier alpha value is -1.63. The van der Waals surface area contributed by atoms with Crippen LogP contribution >= 0.6 is 11.3 Å². The summed E-state index contributed by atoms with van der Waals surface area (Å²) in [4.78, 5) is 2.12. The maximum Gasteiger partial charge on any atom is 0.113 e. The molecule has 0 bridgehead atoms. The van der Waals surface area contributed by atoms with Crippen LogP contribution in [0.15, 0.2) is 36.4 Å². The van der Waals surface area contributed by atoms with Crippen LogP contribution in [-0.2, 0) is 0 Å². The van der Waals surface area contributed by atoms with Crippen LogP contribution in [0.1, 0.15) is 27.0 Å². The normalized spacial score (nSPS) is 12.1. The number of rotatable bonds is 2. The van der Waals surface area contributed by atoms with Crippen molar-refractivity contribution in [2.45, 2.75) is 13.0 Å². The van der Waals surface area contributed by atoms with Gasteiger partial charge in [0.15, 0.2) is 0 Å². The Bertz CT molecular complexity index is 522. The minimum Gasteiger partial charge on any atom is -0.383 e. The zero-order chi connectivity index (χ0) is 11.5. The first-order valence-corrected chi connectivity index (χ1v) is 5.77. The Morgan fingerprint density at radius 1 is 1.19 bits per heavy atom. The standard InChI is InChI=1S/C13H11NOS/c1-9-2-7-12(16-9)13(15)11-5-3-10(8-14)4-6-11/h2-7,13,15H,1H3. The van der Waals surface area contributed by atoms with E-state index in [1.165, 1.54) is 4.88 Å². The molecule has 16 heavy (non-hydrogen) atoms. The third-order valence-electron chi connectivity index (χ3n) is 2.39. The fraction of sp³-hybridized carbons (Fsp3) is 0.154. The molecular weight excluding hydrogens is 218 g/mol. The van der Waals surface area contributed by atoms with Crippen molar-refractivity contribution in [3.8, 4) is 6.07 Å². The molecule has 2 nitrogen and oxygen atoms in total. The summed E-state index contributed by atoms with van der Waals surface area (Å²) in [5.74, 6) is 0. The number of thiophene rings is 1. The molecule has 1 aromatic carbocycles. The van der Waals surface area contributed by atoms with Gasteiger partial charge in [0, 0.05) is 9.75 Å². The fourth-order valence-electron chi connectivity index (χ4n) is 1.50. The van der Waals surface area contributed by atoms with Gasteiger partial charge in [0.25, 0.3) is 0 Å². The molecule has 2 aromatic rings. The topological polar surface area (TPSA) is 44.0 Å². The van der Waals surface area contributed by atoms with Gasteiger partial charge in [-0.05, 0) is 36.8 Å². The van der Waals surface area contributed by atoms with Gasteiger partial charge >= 0.3 is 0 Å². The SMILES string of the molecule is Cc1ccc(C(O)c2ccc(C#N)cc2)s1. The van der Waals surface area contributed by atoms with Crippen molar-refractivity contribution in [2.24, 2.45) is 0 Å². The van der Waals surface area contributed by atoms with Gasteiger partial charge in [-0.1, -0.05) is 12.1 Å². The second-order valence-corrected chi connectivity index (χ2v) is 4.90. The molecular formula is C13H11NOS. The number of hydrogen-bond donors (Lipinski definition) is 1. The van der Waals surface area contributed by atoms with Crippen LogP contribution in [0.4, 0.5) is 0 Å². The molecule has 1 aromatic heterocycles. The average Bonchev–Trinajstić information content (AvgIpc) is 2.75. The Balaban J connectivity index is 2.27. The molecule has 0 saturated heterocycles. The molecule has 1 unspecified atom stereocenters. The lowest BCUT2D eigenvalue weighted by atomic mass is 10.1. The Morgan fingerprint density at radius 3 is 2.38 bits per heavy atom. The summed E-state index contributed by atoms with van der Waals surface area (Å²) in [7, 11) is 0. The van der Waals surface area contributed by atoms with E-state index in [0.29, 0.717) is 5.56 Å². The molecule has 0 aliphatic carbocycles. The lowest BCUT2D eigenvalue weighted by Gasteiger charge is -2.08. The monoisotopic (exact) mass is 229 g/mol. The number of aliphatic hydroxyl groups is 1. The third kappa shape index (κ3) is 2.13. The van der Waals surface area contributed by atoms with Crippen LogP contribution in [-0.4, -0.2) is 5.11 Å². The molecule has 0 saturated carbocycles. The largest absolute Gasteiger partial charge is 0.383 e. The van der Waals surface area contributed by atoms with Crippen molar-refractivity contribution in [2.75, 3.05) is 0 Å². The molecule has 1 heterocycles. The first-order valence-electron chi connectivity index (χ1n) is 4.95. The van der Waals surface area contributed by atoms with Crippen molar-refractivity contribution in [3.05, 3.63) is 57.3 Å². The smallest absolute Gasteiger partial charge is 0.113 e. The van der Waals surface area contributed by atoms with E-state index in [2.05, 4.69) is 6.07 Å². The third-order valence-corrected chi connectivity index (χ3v) is 3.44. The fourth-order valence-corrected chi connectivity index (χ4v) is 2.40. The highest BCUT2D eigenvalue weighted by Crippen LogP contribution is 2.28. The summed E-state index contributed by atoms with van der Waals surface area (Å²) >= 11 is 1.59. The quantitative estimate of drug-likeness (QED) is 0.860. The molecule has 0 fully saturated rings. The summed E-state index contributed by atoms with van der Waals surface area (Å²) in [6.45, 7) is 2.01. The summed E-state index contributed by atoms with van der Waals surface area (Å²) < 4.78 is 0. The second kappa shape index (κ2) is 4.48. The molecule has 0 spiro atoms. The number of aliphatic hydroxyl groups excluding tert-OH is 1. The van der Waals surface area contributed by atoms with Gasteiger partial charge in [-0.25, -0.2) is 0 Å². The van der Waals surface area contributed by atoms with Crippen molar-refractivity contribution in [1.82, 2.24) is 0 Å². The zero-order valence-corrected chi connectivity index (χ0v) is 9.66. The highest BCUT2D eigenvalue weighted by atomic mass is 32.1. The predicted octanol–water partition coefficient (Wildman–Crippen LogP) is 3.01. The maximum absolute atomic E-state index is 10.1. The lowest BCUT2D eigenvalue weighted by Crippen LogP contribution is -1.96. The van der Waals surface area contributed by atoms with Crippen molar-refractivity contribution in [1.29, 1.82) is 5.26 Å².